The molecule has 4 rings (SSSR count). The normalized spacial score (nSPS) is 15.0. The number of halogens is 2. The van der Waals surface area contributed by atoms with Crippen LogP contribution in [0, 0.1) is 10.1 Å². The lowest BCUT2D eigenvalue weighted by atomic mass is 10.1. The van der Waals surface area contributed by atoms with Gasteiger partial charge in [-0.15, -0.1) is 0 Å². The number of carbonyl (C=O) groups excluding carboxylic acids is 1. The standard InChI is InChI=1S/C21H13Br2N3O4/c1-12-18(21(27)25(24-12)14-4-2-3-13(22)9-14)11-16-6-8-20(30-16)17-7-5-15(26(28)29)10-19(17)23/h2-11H,1H3/b18-11+. The topological polar surface area (TPSA) is 89.0 Å². The maximum Gasteiger partial charge on any atom is 0.280 e. The number of rotatable bonds is 4. The van der Waals surface area contributed by atoms with Gasteiger partial charge in [-0.25, -0.2) is 0 Å². The molecule has 0 fully saturated rings. The van der Waals surface area contributed by atoms with Gasteiger partial charge in [-0.3, -0.25) is 14.9 Å². The molecule has 150 valence electrons. The van der Waals surface area contributed by atoms with Crippen molar-refractivity contribution in [1.82, 2.24) is 0 Å². The molecule has 3 aromatic rings. The molecule has 30 heavy (non-hydrogen) atoms. The molecule has 0 unspecified atom stereocenters. The van der Waals surface area contributed by atoms with Crippen LogP contribution in [0.15, 0.2) is 78.6 Å². The van der Waals surface area contributed by atoms with Crippen LogP contribution in [0.4, 0.5) is 11.4 Å². The molecular weight excluding hydrogens is 518 g/mol. The summed E-state index contributed by atoms with van der Waals surface area (Å²) >= 11 is 6.74. The summed E-state index contributed by atoms with van der Waals surface area (Å²) in [6.45, 7) is 1.76. The molecule has 0 N–H and O–H groups in total. The number of furan rings is 1. The predicted octanol–water partition coefficient (Wildman–Crippen LogP) is 6.19. The quantitative estimate of drug-likeness (QED) is 0.228. The zero-order chi connectivity index (χ0) is 21.4. The molecule has 0 saturated carbocycles. The van der Waals surface area contributed by atoms with E-state index < -0.39 is 4.92 Å². The summed E-state index contributed by atoms with van der Waals surface area (Å²) < 4.78 is 7.25. The third-order valence-electron chi connectivity index (χ3n) is 4.46. The highest BCUT2D eigenvalue weighted by Gasteiger charge is 2.29. The molecule has 0 spiro atoms. The first-order valence-electron chi connectivity index (χ1n) is 8.75. The Labute approximate surface area is 188 Å². The SMILES string of the molecule is CC1=NN(c2cccc(Br)c2)C(=O)/C1=C/c1ccc(-c2ccc([N+](=O)[O-])cc2Br)o1. The van der Waals surface area contributed by atoms with E-state index in [1.54, 1.807) is 37.3 Å². The molecule has 1 aliphatic heterocycles. The van der Waals surface area contributed by atoms with Crippen LogP contribution in [0.3, 0.4) is 0 Å². The fourth-order valence-corrected chi connectivity index (χ4v) is 3.95. The Morgan fingerprint density at radius 3 is 2.63 bits per heavy atom. The Kier molecular flexibility index (Phi) is 5.40. The van der Waals surface area contributed by atoms with Gasteiger partial charge in [0.15, 0.2) is 0 Å². The third kappa shape index (κ3) is 3.86. The van der Waals surface area contributed by atoms with Gasteiger partial charge >= 0.3 is 0 Å². The maximum absolute atomic E-state index is 12.9. The largest absolute Gasteiger partial charge is 0.457 e. The van der Waals surface area contributed by atoms with Gasteiger partial charge in [0.1, 0.15) is 11.5 Å². The summed E-state index contributed by atoms with van der Waals surface area (Å²) in [5.74, 6) is 0.747. The van der Waals surface area contributed by atoms with Gasteiger partial charge in [-0.05, 0) is 65.3 Å². The second-order valence-corrected chi connectivity index (χ2v) is 8.23. The van der Waals surface area contributed by atoms with Gasteiger partial charge < -0.3 is 4.42 Å². The minimum Gasteiger partial charge on any atom is -0.457 e. The number of hydrazone groups is 1. The molecule has 0 saturated heterocycles. The van der Waals surface area contributed by atoms with Crippen LogP contribution in [0.1, 0.15) is 12.7 Å². The summed E-state index contributed by atoms with van der Waals surface area (Å²) in [4.78, 5) is 23.3. The number of nitrogens with zero attached hydrogens (tertiary/aromatic N) is 3. The lowest BCUT2D eigenvalue weighted by Crippen LogP contribution is -2.21. The summed E-state index contributed by atoms with van der Waals surface area (Å²) in [5.41, 5.74) is 2.32. The van der Waals surface area contributed by atoms with Gasteiger partial charge in [-0.1, -0.05) is 22.0 Å². The van der Waals surface area contributed by atoms with Gasteiger partial charge in [0.25, 0.3) is 11.6 Å². The first kappa shape index (κ1) is 20.2. The van der Waals surface area contributed by atoms with Gasteiger partial charge in [0.2, 0.25) is 0 Å². The highest BCUT2D eigenvalue weighted by Crippen LogP contribution is 2.33. The second kappa shape index (κ2) is 8.00. The maximum atomic E-state index is 12.9. The molecule has 9 heteroatoms. The van der Waals surface area contributed by atoms with Gasteiger partial charge in [0, 0.05) is 26.6 Å². The van der Waals surface area contributed by atoms with Crippen molar-refractivity contribution in [2.45, 2.75) is 6.92 Å². The van der Waals surface area contributed by atoms with Crippen LogP contribution in [0.25, 0.3) is 17.4 Å². The van der Waals surface area contributed by atoms with E-state index in [4.69, 9.17) is 4.42 Å². The van der Waals surface area contributed by atoms with Crippen molar-refractivity contribution in [3.05, 3.63) is 85.0 Å². The molecule has 0 radical (unpaired) electrons. The Hall–Kier alpha value is -3.04. The number of hydrogen-bond acceptors (Lipinski definition) is 5. The number of benzene rings is 2. The number of amides is 1. The number of nitro groups is 1. The average molecular weight is 531 g/mol. The van der Waals surface area contributed by atoms with Crippen LogP contribution in [-0.4, -0.2) is 16.5 Å². The number of anilines is 1. The summed E-state index contributed by atoms with van der Waals surface area (Å²) in [5, 5.41) is 16.6. The van der Waals surface area contributed by atoms with Crippen LogP contribution >= 0.6 is 31.9 Å². The highest BCUT2D eigenvalue weighted by molar-refractivity contribution is 9.10. The third-order valence-corrected chi connectivity index (χ3v) is 5.61. The van der Waals surface area contributed by atoms with Crippen LogP contribution in [0.5, 0.6) is 0 Å². The lowest BCUT2D eigenvalue weighted by molar-refractivity contribution is -0.384. The second-order valence-electron chi connectivity index (χ2n) is 6.46. The number of carbonyl (C=O) groups is 1. The van der Waals surface area contributed by atoms with Crippen molar-refractivity contribution >= 4 is 60.9 Å². The van der Waals surface area contributed by atoms with E-state index in [0.29, 0.717) is 38.5 Å². The van der Waals surface area contributed by atoms with Crippen molar-refractivity contribution in [3.8, 4) is 11.3 Å². The molecular formula is C21H13Br2N3O4. The summed E-state index contributed by atoms with van der Waals surface area (Å²) in [6, 6.07) is 15.2. The minimum absolute atomic E-state index is 0.0180. The zero-order valence-corrected chi connectivity index (χ0v) is 18.7. The molecule has 2 heterocycles. The Bertz CT molecular complexity index is 1250. The smallest absolute Gasteiger partial charge is 0.280 e. The number of hydrogen-bond donors (Lipinski definition) is 0. The van der Waals surface area contributed by atoms with Gasteiger partial charge in [0.05, 0.1) is 21.9 Å². The Balaban J connectivity index is 1.62. The molecule has 1 aliphatic rings. The first-order chi connectivity index (χ1) is 14.3. The van der Waals surface area contributed by atoms with E-state index in [0.717, 1.165) is 4.47 Å². The van der Waals surface area contributed by atoms with Crippen molar-refractivity contribution in [2.24, 2.45) is 5.10 Å². The molecule has 1 amide bonds. The van der Waals surface area contributed by atoms with Crippen molar-refractivity contribution in [2.75, 3.05) is 5.01 Å². The van der Waals surface area contributed by atoms with Crippen LogP contribution in [0.2, 0.25) is 0 Å². The molecule has 1 aromatic heterocycles. The Morgan fingerprint density at radius 1 is 1.13 bits per heavy atom. The van der Waals surface area contributed by atoms with E-state index in [2.05, 4.69) is 37.0 Å². The zero-order valence-electron chi connectivity index (χ0n) is 15.5. The lowest BCUT2D eigenvalue weighted by Gasteiger charge is -2.11. The van der Waals surface area contributed by atoms with E-state index in [1.165, 1.54) is 17.1 Å². The van der Waals surface area contributed by atoms with E-state index in [9.17, 15) is 14.9 Å². The first-order valence-corrected chi connectivity index (χ1v) is 10.3. The van der Waals surface area contributed by atoms with E-state index in [-0.39, 0.29) is 11.6 Å². The molecule has 0 bridgehead atoms. The molecule has 2 aromatic carbocycles. The average Bonchev–Trinajstić information content (AvgIpc) is 3.28. The predicted molar refractivity (Wildman–Crippen MR) is 121 cm³/mol. The Morgan fingerprint density at radius 2 is 1.93 bits per heavy atom. The number of nitro benzene ring substituents is 1. The molecule has 7 nitrogen and oxygen atoms in total. The van der Waals surface area contributed by atoms with E-state index >= 15 is 0 Å². The molecule has 0 atom stereocenters. The van der Waals surface area contributed by atoms with Crippen LogP contribution in [-0.2, 0) is 4.79 Å². The minimum atomic E-state index is -0.461. The van der Waals surface area contributed by atoms with Gasteiger partial charge in [-0.2, -0.15) is 10.1 Å². The fraction of sp³-hybridized carbons (Fsp3) is 0.0476. The highest BCUT2D eigenvalue weighted by atomic mass is 79.9. The number of non-ortho nitro benzene ring substituents is 1. The van der Waals surface area contributed by atoms with Crippen molar-refractivity contribution in [1.29, 1.82) is 0 Å². The fourth-order valence-electron chi connectivity index (χ4n) is 3.00. The van der Waals surface area contributed by atoms with Crippen molar-refractivity contribution in [3.63, 3.8) is 0 Å². The van der Waals surface area contributed by atoms with Crippen molar-refractivity contribution < 1.29 is 14.1 Å². The van der Waals surface area contributed by atoms with Crippen LogP contribution < -0.4 is 5.01 Å². The summed E-state index contributed by atoms with van der Waals surface area (Å²) in [6.07, 6.45) is 1.64. The monoisotopic (exact) mass is 529 g/mol. The van der Waals surface area contributed by atoms with E-state index in [1.807, 2.05) is 18.2 Å². The molecule has 0 aliphatic carbocycles. The summed E-state index contributed by atoms with van der Waals surface area (Å²) in [7, 11) is 0.